The molecule has 3 heterocycles. The summed E-state index contributed by atoms with van der Waals surface area (Å²) in [5.74, 6) is -0.438. The molecule has 38 heavy (non-hydrogen) atoms. The molecule has 13 heteroatoms. The Morgan fingerprint density at radius 2 is 2.00 bits per heavy atom. The zero-order valence-corrected chi connectivity index (χ0v) is 21.6. The number of tetrazole rings is 1. The Morgan fingerprint density at radius 3 is 2.74 bits per heavy atom. The Hall–Kier alpha value is -3.38. The SMILES string of the molecule is CCNC(=O)N1CC[C@@H](NCc2cc(-n3nnnc3C(F)(F)F)cc3c2OCC3)[C@@H](c2ccccc2)C1.Cl. The van der Waals surface area contributed by atoms with Crippen molar-refractivity contribution in [3.05, 3.63) is 65.0 Å². The summed E-state index contributed by atoms with van der Waals surface area (Å²) in [6.07, 6.45) is -3.36. The summed E-state index contributed by atoms with van der Waals surface area (Å²) in [4.78, 5) is 14.3. The molecule has 2 amide bonds. The summed E-state index contributed by atoms with van der Waals surface area (Å²) in [5, 5.41) is 16.5. The first-order valence-electron chi connectivity index (χ1n) is 12.3. The van der Waals surface area contributed by atoms with E-state index < -0.39 is 12.0 Å². The van der Waals surface area contributed by atoms with E-state index in [1.165, 1.54) is 0 Å². The van der Waals surface area contributed by atoms with E-state index in [1.54, 1.807) is 12.1 Å². The minimum absolute atomic E-state index is 0. The van der Waals surface area contributed by atoms with Crippen molar-refractivity contribution in [2.45, 2.75) is 44.4 Å². The van der Waals surface area contributed by atoms with Crippen molar-refractivity contribution in [2.75, 3.05) is 26.2 Å². The molecule has 2 aliphatic rings. The number of piperidine rings is 1. The van der Waals surface area contributed by atoms with Crippen LogP contribution < -0.4 is 15.4 Å². The number of aromatic nitrogens is 4. The molecule has 2 aromatic carbocycles. The van der Waals surface area contributed by atoms with Crippen molar-refractivity contribution in [1.29, 1.82) is 0 Å². The normalized spacial score (nSPS) is 18.9. The number of rotatable bonds is 6. The van der Waals surface area contributed by atoms with Crippen molar-refractivity contribution in [2.24, 2.45) is 0 Å². The van der Waals surface area contributed by atoms with E-state index in [0.29, 0.717) is 45.0 Å². The molecule has 2 N–H and O–H groups in total. The van der Waals surface area contributed by atoms with Crippen LogP contribution in [-0.2, 0) is 19.1 Å². The number of alkyl halides is 3. The third-order valence-electron chi connectivity index (χ3n) is 6.82. The number of likely N-dealkylation sites (tertiary alicyclic amines) is 1. The Morgan fingerprint density at radius 1 is 1.21 bits per heavy atom. The van der Waals surface area contributed by atoms with Crippen LogP contribution in [0.25, 0.3) is 5.69 Å². The molecule has 0 aliphatic carbocycles. The molecule has 2 aliphatic heterocycles. The zero-order chi connectivity index (χ0) is 26.0. The van der Waals surface area contributed by atoms with Gasteiger partial charge in [0.2, 0.25) is 0 Å². The van der Waals surface area contributed by atoms with Gasteiger partial charge in [0.05, 0.1) is 12.3 Å². The van der Waals surface area contributed by atoms with Gasteiger partial charge in [-0.2, -0.15) is 17.9 Å². The Balaban J connectivity index is 0.00000336. The monoisotopic (exact) mass is 551 g/mol. The fraction of sp³-hybridized carbons (Fsp3) is 0.440. The van der Waals surface area contributed by atoms with Crippen LogP contribution in [0.1, 0.15) is 41.8 Å². The number of urea groups is 1. The number of halogens is 4. The molecule has 0 radical (unpaired) electrons. The number of nitrogens with zero attached hydrogens (tertiary/aromatic N) is 5. The molecule has 0 saturated carbocycles. The van der Waals surface area contributed by atoms with Crippen LogP contribution in [0.3, 0.4) is 0 Å². The molecule has 1 fully saturated rings. The Bertz CT molecular complexity index is 1260. The number of carbonyl (C=O) groups is 1. The predicted molar refractivity (Wildman–Crippen MR) is 136 cm³/mol. The van der Waals surface area contributed by atoms with Gasteiger partial charge in [0, 0.05) is 50.1 Å². The molecule has 9 nitrogen and oxygen atoms in total. The molecule has 0 unspecified atom stereocenters. The van der Waals surface area contributed by atoms with E-state index in [4.69, 9.17) is 4.74 Å². The van der Waals surface area contributed by atoms with Gasteiger partial charge in [-0.25, -0.2) is 4.79 Å². The highest BCUT2D eigenvalue weighted by Crippen LogP contribution is 2.35. The number of hydrogen-bond donors (Lipinski definition) is 2. The van der Waals surface area contributed by atoms with Crippen molar-refractivity contribution >= 4 is 18.4 Å². The number of ether oxygens (including phenoxy) is 1. The molecule has 204 valence electrons. The van der Waals surface area contributed by atoms with Gasteiger partial charge in [-0.15, -0.1) is 17.5 Å². The minimum Gasteiger partial charge on any atom is -0.493 e. The summed E-state index contributed by atoms with van der Waals surface area (Å²) in [6.45, 7) is 4.46. The van der Waals surface area contributed by atoms with E-state index in [0.717, 1.165) is 27.8 Å². The van der Waals surface area contributed by atoms with Crippen LogP contribution in [-0.4, -0.2) is 63.4 Å². The molecule has 1 aromatic heterocycles. The fourth-order valence-electron chi connectivity index (χ4n) is 5.08. The molecule has 3 aromatic rings. The second-order valence-corrected chi connectivity index (χ2v) is 9.18. The highest BCUT2D eigenvalue weighted by atomic mass is 35.5. The number of nitrogens with one attached hydrogen (secondary N) is 2. The maximum atomic E-state index is 13.4. The summed E-state index contributed by atoms with van der Waals surface area (Å²) in [6, 6.07) is 13.3. The first kappa shape index (κ1) is 27.6. The first-order chi connectivity index (χ1) is 17.8. The van der Waals surface area contributed by atoms with Gasteiger partial charge in [0.1, 0.15) is 5.75 Å². The molecule has 1 saturated heterocycles. The summed E-state index contributed by atoms with van der Waals surface area (Å²) in [7, 11) is 0. The zero-order valence-electron chi connectivity index (χ0n) is 20.7. The maximum absolute atomic E-state index is 13.4. The van der Waals surface area contributed by atoms with E-state index in [9.17, 15) is 18.0 Å². The lowest BCUT2D eigenvalue weighted by Crippen LogP contribution is -2.52. The van der Waals surface area contributed by atoms with Crippen molar-refractivity contribution in [3.8, 4) is 11.4 Å². The van der Waals surface area contributed by atoms with Gasteiger partial charge in [-0.3, -0.25) is 0 Å². The standard InChI is InChI=1S/C25H28F3N7O2.ClH/c1-2-29-24(36)34-10-8-21(20(15-34)16-6-4-3-5-7-16)30-14-18-13-19(12-17-9-11-37-22(17)18)35-23(25(26,27)28)31-32-33-35;/h3-7,12-13,20-21,30H,2,8-11,14-15H2,1H3,(H,29,36);1H/t20-,21-;/m1./s1. The summed E-state index contributed by atoms with van der Waals surface area (Å²) >= 11 is 0. The molecule has 5 rings (SSSR count). The average molecular weight is 552 g/mol. The maximum Gasteiger partial charge on any atom is 0.453 e. The lowest BCUT2D eigenvalue weighted by atomic mass is 9.86. The lowest BCUT2D eigenvalue weighted by molar-refractivity contribution is -0.146. The van der Waals surface area contributed by atoms with Gasteiger partial charge < -0.3 is 20.3 Å². The average Bonchev–Trinajstić information content (AvgIpc) is 3.58. The second-order valence-electron chi connectivity index (χ2n) is 9.18. The molecular weight excluding hydrogens is 523 g/mol. The van der Waals surface area contributed by atoms with Crippen LogP contribution in [0.2, 0.25) is 0 Å². The smallest absolute Gasteiger partial charge is 0.453 e. The summed E-state index contributed by atoms with van der Waals surface area (Å²) in [5.41, 5.74) is 2.92. The van der Waals surface area contributed by atoms with Crippen LogP contribution in [0.15, 0.2) is 42.5 Å². The molecular formula is C25H29ClF3N7O2. The van der Waals surface area contributed by atoms with E-state index in [-0.39, 0.29) is 36.1 Å². The molecule has 0 spiro atoms. The molecule has 0 bridgehead atoms. The lowest BCUT2D eigenvalue weighted by Gasteiger charge is -2.39. The van der Waals surface area contributed by atoms with Gasteiger partial charge >= 0.3 is 12.2 Å². The van der Waals surface area contributed by atoms with Crippen molar-refractivity contribution in [3.63, 3.8) is 0 Å². The van der Waals surface area contributed by atoms with Crippen LogP contribution in [0.5, 0.6) is 5.75 Å². The van der Waals surface area contributed by atoms with Gasteiger partial charge in [0.25, 0.3) is 5.82 Å². The quantitative estimate of drug-likeness (QED) is 0.485. The highest BCUT2D eigenvalue weighted by Gasteiger charge is 2.39. The van der Waals surface area contributed by atoms with Crippen molar-refractivity contribution < 1.29 is 22.7 Å². The second kappa shape index (κ2) is 11.6. The fourth-order valence-corrected chi connectivity index (χ4v) is 5.08. The van der Waals surface area contributed by atoms with Gasteiger partial charge in [0.15, 0.2) is 0 Å². The number of benzene rings is 2. The van der Waals surface area contributed by atoms with Gasteiger partial charge in [-0.05, 0) is 47.0 Å². The van der Waals surface area contributed by atoms with Crippen molar-refractivity contribution in [1.82, 2.24) is 35.7 Å². The number of amides is 2. The largest absolute Gasteiger partial charge is 0.493 e. The van der Waals surface area contributed by atoms with E-state index >= 15 is 0 Å². The van der Waals surface area contributed by atoms with E-state index in [2.05, 4.69) is 38.3 Å². The first-order valence-corrected chi connectivity index (χ1v) is 12.3. The third kappa shape index (κ3) is 5.70. The molecule has 2 atom stereocenters. The minimum atomic E-state index is -4.68. The third-order valence-corrected chi connectivity index (χ3v) is 6.82. The number of carbonyl (C=O) groups excluding carboxylic acids is 1. The Kier molecular flexibility index (Phi) is 8.41. The van der Waals surface area contributed by atoms with Gasteiger partial charge in [-0.1, -0.05) is 30.3 Å². The number of hydrogen-bond acceptors (Lipinski definition) is 6. The topological polar surface area (TPSA) is 97.2 Å². The van der Waals surface area contributed by atoms with Crippen LogP contribution in [0.4, 0.5) is 18.0 Å². The predicted octanol–water partition coefficient (Wildman–Crippen LogP) is 3.72. The highest BCUT2D eigenvalue weighted by molar-refractivity contribution is 5.85. The van der Waals surface area contributed by atoms with E-state index in [1.807, 2.05) is 30.0 Å². The Labute approximate surface area is 224 Å². The van der Waals surface area contributed by atoms with Crippen LogP contribution >= 0.6 is 12.4 Å². The number of fused-ring (bicyclic) bond motifs is 1. The summed E-state index contributed by atoms with van der Waals surface area (Å²) < 4.78 is 46.9. The van der Waals surface area contributed by atoms with Crippen LogP contribution in [0, 0.1) is 0 Å².